The van der Waals surface area contributed by atoms with Crippen LogP contribution in [0.4, 0.5) is 5.69 Å². The number of thiazole rings is 1. The van der Waals surface area contributed by atoms with Crippen molar-refractivity contribution < 1.29 is 4.92 Å². The van der Waals surface area contributed by atoms with Crippen LogP contribution in [-0.2, 0) is 0 Å². The van der Waals surface area contributed by atoms with E-state index in [1.807, 2.05) is 29.1 Å². The van der Waals surface area contributed by atoms with Crippen molar-refractivity contribution in [1.29, 1.82) is 0 Å². The van der Waals surface area contributed by atoms with Crippen LogP contribution in [0.1, 0.15) is 12.5 Å². The normalized spacial score (nSPS) is 12.0. The molecular formula is C18H16N4O2S2. The Morgan fingerprint density at radius 3 is 2.69 bits per heavy atom. The second-order valence-electron chi connectivity index (χ2n) is 5.59. The van der Waals surface area contributed by atoms with Gasteiger partial charge in [-0.3, -0.25) is 15.1 Å². The summed E-state index contributed by atoms with van der Waals surface area (Å²) in [7, 11) is 0. The number of hydrogen-bond acceptors (Lipinski definition) is 6. The maximum absolute atomic E-state index is 10.9. The molecule has 0 saturated carbocycles. The summed E-state index contributed by atoms with van der Waals surface area (Å²) in [5, 5.41) is 21.4. The summed E-state index contributed by atoms with van der Waals surface area (Å²) in [6, 6.07) is 8.41. The Kier molecular flexibility index (Phi) is 5.55. The topological polar surface area (TPSA) is 72.8 Å². The van der Waals surface area contributed by atoms with Gasteiger partial charge in [0.05, 0.1) is 23.4 Å². The van der Waals surface area contributed by atoms with Crippen LogP contribution in [0.5, 0.6) is 0 Å². The SMILES string of the molecule is C=C(C)CN=c1scc(-c2ccc([N+](=O)[O-])cc2)n1N=Cc1ccsc1. The first kappa shape index (κ1) is 18.0. The number of nitrogens with zero attached hydrogens (tertiary/aromatic N) is 4. The molecule has 26 heavy (non-hydrogen) atoms. The van der Waals surface area contributed by atoms with Crippen LogP contribution < -0.4 is 4.80 Å². The van der Waals surface area contributed by atoms with Gasteiger partial charge in [0, 0.05) is 28.6 Å². The fourth-order valence-electron chi connectivity index (χ4n) is 2.15. The quantitative estimate of drug-likeness (QED) is 0.271. The van der Waals surface area contributed by atoms with Crippen molar-refractivity contribution in [3.05, 3.63) is 79.1 Å². The van der Waals surface area contributed by atoms with Crippen LogP contribution in [0, 0.1) is 10.1 Å². The number of thiophene rings is 1. The van der Waals surface area contributed by atoms with Crippen molar-refractivity contribution in [3.8, 4) is 11.3 Å². The highest BCUT2D eigenvalue weighted by Crippen LogP contribution is 2.23. The molecule has 0 radical (unpaired) electrons. The van der Waals surface area contributed by atoms with E-state index in [2.05, 4.69) is 16.7 Å². The van der Waals surface area contributed by atoms with E-state index in [1.165, 1.54) is 23.5 Å². The molecule has 0 unspecified atom stereocenters. The summed E-state index contributed by atoms with van der Waals surface area (Å²) >= 11 is 3.07. The molecule has 3 rings (SSSR count). The number of nitro benzene ring substituents is 1. The Morgan fingerprint density at radius 1 is 1.31 bits per heavy atom. The third kappa shape index (κ3) is 4.22. The Balaban J connectivity index is 2.05. The second kappa shape index (κ2) is 8.03. The molecule has 0 amide bonds. The first-order valence-electron chi connectivity index (χ1n) is 7.71. The number of aromatic nitrogens is 1. The van der Waals surface area contributed by atoms with E-state index in [0.717, 1.165) is 27.2 Å². The fraction of sp³-hybridized carbons (Fsp3) is 0.111. The van der Waals surface area contributed by atoms with Crippen LogP contribution in [0.3, 0.4) is 0 Å². The summed E-state index contributed by atoms with van der Waals surface area (Å²) in [6.45, 7) is 6.32. The molecule has 0 saturated heterocycles. The largest absolute Gasteiger partial charge is 0.269 e. The molecule has 6 nitrogen and oxygen atoms in total. The van der Waals surface area contributed by atoms with Crippen molar-refractivity contribution >= 4 is 34.6 Å². The highest BCUT2D eigenvalue weighted by molar-refractivity contribution is 7.08. The molecular weight excluding hydrogens is 368 g/mol. The van der Waals surface area contributed by atoms with Gasteiger partial charge in [0.25, 0.3) is 5.69 Å². The molecule has 0 N–H and O–H groups in total. The molecule has 132 valence electrons. The van der Waals surface area contributed by atoms with Crippen molar-refractivity contribution in [3.63, 3.8) is 0 Å². The van der Waals surface area contributed by atoms with Crippen LogP contribution in [-0.4, -0.2) is 22.4 Å². The number of benzene rings is 1. The van der Waals surface area contributed by atoms with Gasteiger partial charge in [-0.1, -0.05) is 12.2 Å². The van der Waals surface area contributed by atoms with Gasteiger partial charge in [-0.15, -0.1) is 11.3 Å². The number of nitro groups is 1. The molecule has 0 aliphatic rings. The molecule has 0 atom stereocenters. The third-order valence-electron chi connectivity index (χ3n) is 3.41. The van der Waals surface area contributed by atoms with Crippen molar-refractivity contribution in [2.24, 2.45) is 10.1 Å². The lowest BCUT2D eigenvalue weighted by molar-refractivity contribution is -0.384. The van der Waals surface area contributed by atoms with Crippen molar-refractivity contribution in [2.75, 3.05) is 6.54 Å². The molecule has 3 aromatic rings. The molecule has 1 aromatic carbocycles. The smallest absolute Gasteiger partial charge is 0.258 e. The number of hydrogen-bond donors (Lipinski definition) is 0. The minimum Gasteiger partial charge on any atom is -0.258 e. The van der Waals surface area contributed by atoms with E-state index in [9.17, 15) is 10.1 Å². The third-order valence-corrected chi connectivity index (χ3v) is 4.96. The van der Waals surface area contributed by atoms with Crippen molar-refractivity contribution in [2.45, 2.75) is 6.92 Å². The monoisotopic (exact) mass is 384 g/mol. The molecule has 0 aliphatic heterocycles. The predicted octanol–water partition coefficient (Wildman–Crippen LogP) is 4.55. The maximum atomic E-state index is 10.9. The molecule has 0 bridgehead atoms. The van der Waals surface area contributed by atoms with Gasteiger partial charge in [-0.25, -0.2) is 4.68 Å². The highest BCUT2D eigenvalue weighted by atomic mass is 32.1. The highest BCUT2D eigenvalue weighted by Gasteiger charge is 2.10. The molecule has 0 aliphatic carbocycles. The van der Waals surface area contributed by atoms with E-state index in [4.69, 9.17) is 0 Å². The molecule has 0 fully saturated rings. The average molecular weight is 384 g/mol. The Morgan fingerprint density at radius 2 is 2.08 bits per heavy atom. The summed E-state index contributed by atoms with van der Waals surface area (Å²) < 4.78 is 1.76. The van der Waals surface area contributed by atoms with Crippen LogP contribution in [0.2, 0.25) is 0 Å². The Bertz CT molecular complexity index is 1010. The zero-order valence-corrected chi connectivity index (χ0v) is 15.7. The van der Waals surface area contributed by atoms with Gasteiger partial charge in [-0.05, 0) is 35.9 Å². The van der Waals surface area contributed by atoms with E-state index >= 15 is 0 Å². The first-order valence-corrected chi connectivity index (χ1v) is 9.53. The van der Waals surface area contributed by atoms with Gasteiger partial charge >= 0.3 is 0 Å². The zero-order valence-electron chi connectivity index (χ0n) is 14.0. The lowest BCUT2D eigenvalue weighted by atomic mass is 10.1. The minimum absolute atomic E-state index is 0.0597. The Hall–Kier alpha value is -2.84. The van der Waals surface area contributed by atoms with E-state index < -0.39 is 4.92 Å². The second-order valence-corrected chi connectivity index (χ2v) is 7.21. The summed E-state index contributed by atoms with van der Waals surface area (Å²) in [4.78, 5) is 15.8. The van der Waals surface area contributed by atoms with Crippen LogP contribution in [0.15, 0.2) is 68.7 Å². The summed E-state index contributed by atoms with van der Waals surface area (Å²) in [6.07, 6.45) is 1.78. The van der Waals surface area contributed by atoms with Crippen molar-refractivity contribution in [1.82, 2.24) is 4.68 Å². The molecule has 8 heteroatoms. The summed E-state index contributed by atoms with van der Waals surface area (Å²) in [5.74, 6) is 0. The van der Waals surface area contributed by atoms with Gasteiger partial charge in [0.15, 0.2) is 0 Å². The number of rotatable bonds is 6. The standard InChI is InChI=1S/C18H16N4O2S2/c1-13(2)9-19-18-21(20-10-14-7-8-25-11-14)17(12-26-18)15-3-5-16(6-4-15)22(23)24/h3-8,10-12H,1,9H2,2H3. The lowest BCUT2D eigenvalue weighted by Gasteiger charge is -2.03. The first-order chi connectivity index (χ1) is 12.5. The van der Waals surface area contributed by atoms with Gasteiger partial charge in [-0.2, -0.15) is 16.4 Å². The molecule has 2 heterocycles. The van der Waals surface area contributed by atoms with Crippen LogP contribution in [0.25, 0.3) is 11.3 Å². The van der Waals surface area contributed by atoms with E-state index in [-0.39, 0.29) is 5.69 Å². The minimum atomic E-state index is -0.409. The van der Waals surface area contributed by atoms with E-state index in [1.54, 1.807) is 34.4 Å². The van der Waals surface area contributed by atoms with Gasteiger partial charge in [0.1, 0.15) is 0 Å². The predicted molar refractivity (Wildman–Crippen MR) is 107 cm³/mol. The van der Waals surface area contributed by atoms with Gasteiger partial charge < -0.3 is 0 Å². The van der Waals surface area contributed by atoms with E-state index in [0.29, 0.717) is 6.54 Å². The average Bonchev–Trinajstić information content (AvgIpc) is 3.27. The maximum Gasteiger partial charge on any atom is 0.269 e. The zero-order chi connectivity index (χ0) is 18.5. The summed E-state index contributed by atoms with van der Waals surface area (Å²) in [5.41, 5.74) is 3.70. The molecule has 0 spiro atoms. The van der Waals surface area contributed by atoms with Gasteiger partial charge in [0.2, 0.25) is 4.80 Å². The Labute approximate surface area is 158 Å². The fourth-order valence-corrected chi connectivity index (χ4v) is 3.60. The number of non-ortho nitro benzene ring substituents is 1. The van der Waals surface area contributed by atoms with Crippen LogP contribution >= 0.6 is 22.7 Å². The molecule has 2 aromatic heterocycles. The lowest BCUT2D eigenvalue weighted by Crippen LogP contribution is -2.12.